The molecule has 1 aromatic heterocycles. The fraction of sp³-hybridized carbons (Fsp3) is 0.0455. The van der Waals surface area contributed by atoms with E-state index in [4.69, 9.17) is 15.6 Å². The Bertz CT molecular complexity index is 1150. The molecule has 0 spiro atoms. The van der Waals surface area contributed by atoms with Crippen LogP contribution in [0.4, 0.5) is 5.82 Å². The van der Waals surface area contributed by atoms with Crippen molar-refractivity contribution in [2.75, 3.05) is 12.4 Å². The number of ether oxygens (including phenoxy) is 1. The summed E-state index contributed by atoms with van der Waals surface area (Å²) in [6.45, 7) is 7.26. The summed E-state index contributed by atoms with van der Waals surface area (Å²) < 4.78 is 4.86. The Morgan fingerprint density at radius 2 is 1.97 bits per heavy atom. The Labute approximate surface area is 168 Å². The number of nitrogens with zero attached hydrogens (tertiary/aromatic N) is 3. The predicted molar refractivity (Wildman–Crippen MR) is 119 cm³/mol. The molecule has 0 bridgehead atoms. The maximum Gasteiger partial charge on any atom is 0.220 e. The molecule has 0 radical (unpaired) electrons. The number of hydrogen-bond acceptors (Lipinski definition) is 7. The van der Waals surface area contributed by atoms with Crippen LogP contribution in [0.2, 0.25) is 0 Å². The van der Waals surface area contributed by atoms with Gasteiger partial charge in [-0.3, -0.25) is 15.8 Å². The zero-order valence-electron chi connectivity index (χ0n) is 15.9. The lowest BCUT2D eigenvalue weighted by atomic mass is 10.0. The van der Waals surface area contributed by atoms with E-state index in [1.54, 1.807) is 25.4 Å². The van der Waals surface area contributed by atoms with E-state index < -0.39 is 0 Å². The Balaban J connectivity index is 2.11. The van der Waals surface area contributed by atoms with Crippen LogP contribution < -0.4 is 5.32 Å². The summed E-state index contributed by atoms with van der Waals surface area (Å²) >= 11 is 0. The fourth-order valence-corrected chi connectivity index (χ4v) is 2.89. The van der Waals surface area contributed by atoms with E-state index in [-0.39, 0.29) is 5.90 Å². The Morgan fingerprint density at radius 3 is 2.66 bits per heavy atom. The molecule has 0 aliphatic heterocycles. The first-order chi connectivity index (χ1) is 14.1. The fourth-order valence-electron chi connectivity index (χ4n) is 2.89. The molecular weight excluding hydrogens is 364 g/mol. The number of rotatable bonds is 7. The van der Waals surface area contributed by atoms with Crippen molar-refractivity contribution in [2.24, 2.45) is 4.99 Å². The largest absolute Gasteiger partial charge is 0.428 e. The third kappa shape index (κ3) is 4.08. The highest BCUT2D eigenvalue weighted by molar-refractivity contribution is 5.97. The van der Waals surface area contributed by atoms with Gasteiger partial charge >= 0.3 is 0 Å². The van der Waals surface area contributed by atoms with E-state index in [2.05, 4.69) is 33.6 Å². The van der Waals surface area contributed by atoms with Gasteiger partial charge in [0.25, 0.3) is 0 Å². The zero-order chi connectivity index (χ0) is 20.8. The number of anilines is 1. The van der Waals surface area contributed by atoms with Crippen LogP contribution in [0, 0.1) is 10.8 Å². The summed E-state index contributed by atoms with van der Waals surface area (Å²) in [5, 5.41) is 18.8. The average Bonchev–Trinajstić information content (AvgIpc) is 2.76. The van der Waals surface area contributed by atoms with Crippen molar-refractivity contribution < 1.29 is 4.74 Å². The van der Waals surface area contributed by atoms with E-state index in [1.807, 2.05) is 36.4 Å². The Morgan fingerprint density at radius 1 is 1.17 bits per heavy atom. The van der Waals surface area contributed by atoms with Gasteiger partial charge < -0.3 is 10.1 Å². The minimum Gasteiger partial charge on any atom is -0.428 e. The van der Waals surface area contributed by atoms with Crippen molar-refractivity contribution in [1.82, 2.24) is 9.97 Å². The van der Waals surface area contributed by atoms with Gasteiger partial charge in [-0.25, -0.2) is 9.97 Å². The summed E-state index contributed by atoms with van der Waals surface area (Å²) in [5.74, 6) is 1.11. The Hall–Kier alpha value is -4.13. The van der Waals surface area contributed by atoms with E-state index in [0.717, 1.165) is 28.4 Å². The summed E-state index contributed by atoms with van der Waals surface area (Å²) in [4.78, 5) is 13.0. The van der Waals surface area contributed by atoms with Gasteiger partial charge in [-0.15, -0.1) is 0 Å². The van der Waals surface area contributed by atoms with Crippen LogP contribution >= 0.6 is 0 Å². The molecule has 0 saturated carbocycles. The summed E-state index contributed by atoms with van der Waals surface area (Å²) in [7, 11) is 1.80. The number of nitrogens with one attached hydrogen (secondary N) is 3. The standard InChI is InChI=1S/C22H20N6O/c1-4-14(12-25-2)21-27-19-9-8-16(11-18(19)22(26-3)28-21)15-6-5-7-17(10-15)20(24)29-13-23/h4-13,23-24H,1-2H2,3H3,(H,26,27,28)/b14-12+,23-13?,24-20?. The van der Waals surface area contributed by atoms with Gasteiger partial charge in [0.1, 0.15) is 5.82 Å². The van der Waals surface area contributed by atoms with Gasteiger partial charge in [0.2, 0.25) is 5.90 Å². The molecule has 1 heterocycles. The number of hydrogen-bond donors (Lipinski definition) is 3. The molecule has 0 aliphatic rings. The lowest BCUT2D eigenvalue weighted by Crippen LogP contribution is -2.03. The van der Waals surface area contributed by atoms with Crippen LogP contribution in [0.25, 0.3) is 27.6 Å². The molecule has 0 fully saturated rings. The van der Waals surface area contributed by atoms with Gasteiger partial charge in [-0.05, 0) is 42.1 Å². The summed E-state index contributed by atoms with van der Waals surface area (Å²) in [5.41, 5.74) is 3.90. The molecule has 7 nitrogen and oxygen atoms in total. The molecule has 3 rings (SSSR count). The first-order valence-corrected chi connectivity index (χ1v) is 8.74. The number of benzene rings is 2. The molecule has 29 heavy (non-hydrogen) atoms. The van der Waals surface area contributed by atoms with Gasteiger partial charge in [-0.1, -0.05) is 30.9 Å². The molecule has 0 unspecified atom stereocenters. The second-order valence-corrected chi connectivity index (χ2v) is 5.99. The molecule has 7 heteroatoms. The summed E-state index contributed by atoms with van der Waals surface area (Å²) in [6, 6.07) is 13.3. The van der Waals surface area contributed by atoms with E-state index in [9.17, 15) is 0 Å². The first kappa shape index (κ1) is 19.6. The van der Waals surface area contributed by atoms with Gasteiger partial charge in [0, 0.05) is 29.8 Å². The number of aliphatic imine (C=N–C) groups is 1. The van der Waals surface area contributed by atoms with Crippen LogP contribution in [-0.4, -0.2) is 36.0 Å². The third-order valence-electron chi connectivity index (χ3n) is 4.28. The monoisotopic (exact) mass is 384 g/mol. The highest BCUT2D eigenvalue weighted by atomic mass is 16.5. The van der Waals surface area contributed by atoms with Crippen molar-refractivity contribution >= 4 is 41.3 Å². The lowest BCUT2D eigenvalue weighted by molar-refractivity contribution is 0.561. The first-order valence-electron chi connectivity index (χ1n) is 8.74. The molecule has 0 saturated heterocycles. The van der Waals surface area contributed by atoms with Crippen molar-refractivity contribution in [2.45, 2.75) is 0 Å². The molecule has 3 N–H and O–H groups in total. The molecular formula is C22H20N6O. The van der Waals surface area contributed by atoms with Gasteiger partial charge in [0.05, 0.1) is 5.52 Å². The maximum atomic E-state index is 7.87. The third-order valence-corrected chi connectivity index (χ3v) is 4.28. The van der Waals surface area contributed by atoms with E-state index >= 15 is 0 Å². The predicted octanol–water partition coefficient (Wildman–Crippen LogP) is 4.52. The zero-order valence-corrected chi connectivity index (χ0v) is 15.9. The minimum absolute atomic E-state index is 0.0777. The lowest BCUT2D eigenvalue weighted by Gasteiger charge is -2.11. The number of aromatic nitrogens is 2. The second-order valence-electron chi connectivity index (χ2n) is 5.99. The topological polar surface area (TPSA) is 107 Å². The highest BCUT2D eigenvalue weighted by Crippen LogP contribution is 2.29. The van der Waals surface area contributed by atoms with E-state index in [1.165, 1.54) is 0 Å². The van der Waals surface area contributed by atoms with Crippen LogP contribution in [0.5, 0.6) is 0 Å². The van der Waals surface area contributed by atoms with Crippen LogP contribution in [0.3, 0.4) is 0 Å². The Kier molecular flexibility index (Phi) is 5.89. The van der Waals surface area contributed by atoms with Crippen LogP contribution in [-0.2, 0) is 4.74 Å². The molecule has 144 valence electrons. The SMILES string of the molecule is C=C/C(=C\N=C)c1nc(NC)c2cc(-c3cccc(C(=N)OC=N)c3)ccc2n1. The molecule has 2 aromatic carbocycles. The van der Waals surface area contributed by atoms with E-state index in [0.29, 0.717) is 22.8 Å². The van der Waals surface area contributed by atoms with Crippen molar-refractivity contribution in [1.29, 1.82) is 10.8 Å². The summed E-state index contributed by atoms with van der Waals surface area (Å²) in [6.07, 6.45) is 3.95. The second kappa shape index (κ2) is 8.71. The average molecular weight is 384 g/mol. The van der Waals surface area contributed by atoms with Crippen molar-refractivity contribution in [3.8, 4) is 11.1 Å². The molecule has 0 amide bonds. The van der Waals surface area contributed by atoms with Gasteiger partial charge in [-0.2, -0.15) is 0 Å². The van der Waals surface area contributed by atoms with Crippen LogP contribution in [0.15, 0.2) is 66.3 Å². The minimum atomic E-state index is -0.0777. The van der Waals surface area contributed by atoms with Crippen molar-refractivity contribution in [3.05, 3.63) is 72.7 Å². The number of allylic oxidation sites excluding steroid dienone is 2. The molecule has 0 aliphatic carbocycles. The van der Waals surface area contributed by atoms with Crippen LogP contribution in [0.1, 0.15) is 11.4 Å². The quantitative estimate of drug-likeness (QED) is 0.316. The number of fused-ring (bicyclic) bond motifs is 1. The van der Waals surface area contributed by atoms with Gasteiger partial charge in [0.15, 0.2) is 12.2 Å². The maximum absolute atomic E-state index is 7.87. The highest BCUT2D eigenvalue weighted by Gasteiger charge is 2.11. The molecule has 3 aromatic rings. The normalized spacial score (nSPS) is 11.0. The molecule has 0 atom stereocenters. The van der Waals surface area contributed by atoms with Crippen molar-refractivity contribution in [3.63, 3.8) is 0 Å². The smallest absolute Gasteiger partial charge is 0.220 e.